The Morgan fingerprint density at radius 3 is 2.67 bits per heavy atom. The van der Waals surface area contributed by atoms with Crippen LogP contribution in [0.3, 0.4) is 0 Å². The summed E-state index contributed by atoms with van der Waals surface area (Å²) in [5, 5.41) is 2.80. The van der Waals surface area contributed by atoms with Crippen molar-refractivity contribution in [2.75, 3.05) is 12.1 Å². The van der Waals surface area contributed by atoms with Gasteiger partial charge in [-0.1, -0.05) is 12.1 Å². The molecule has 0 aliphatic carbocycles. The second kappa shape index (κ2) is 5.83. The van der Waals surface area contributed by atoms with E-state index >= 15 is 0 Å². The number of anilines is 1. The lowest BCUT2D eigenvalue weighted by atomic mass is 10.1. The normalized spacial score (nSPS) is 12.2. The highest BCUT2D eigenvalue weighted by Crippen LogP contribution is 2.34. The first kappa shape index (κ1) is 13.4. The largest absolute Gasteiger partial charge is 0.454 e. The molecule has 1 aliphatic rings. The van der Waals surface area contributed by atoms with Gasteiger partial charge in [-0.25, -0.2) is 4.39 Å². The molecule has 0 aromatic heterocycles. The first-order valence-electron chi connectivity index (χ1n) is 6.65. The lowest BCUT2D eigenvalue weighted by Gasteiger charge is -2.06. The number of fused-ring (bicyclic) bond motifs is 1. The summed E-state index contributed by atoms with van der Waals surface area (Å²) >= 11 is 0. The maximum atomic E-state index is 12.8. The Morgan fingerprint density at radius 1 is 1.10 bits per heavy atom. The molecule has 0 bridgehead atoms. The lowest BCUT2D eigenvalue weighted by Crippen LogP contribution is -2.12. The predicted octanol–water partition coefficient (Wildman–Crippen LogP) is 3.13. The van der Waals surface area contributed by atoms with Crippen molar-refractivity contribution in [2.24, 2.45) is 0 Å². The summed E-state index contributed by atoms with van der Waals surface area (Å²) in [6.07, 6.45) is 0.900. The highest BCUT2D eigenvalue weighted by atomic mass is 19.1. The maximum Gasteiger partial charge on any atom is 0.231 e. The zero-order valence-electron chi connectivity index (χ0n) is 11.3. The van der Waals surface area contributed by atoms with Gasteiger partial charge in [-0.05, 0) is 36.2 Å². The number of benzene rings is 2. The Hall–Kier alpha value is -2.56. The first-order chi connectivity index (χ1) is 10.2. The number of amides is 1. The van der Waals surface area contributed by atoms with Crippen molar-refractivity contribution >= 4 is 11.6 Å². The van der Waals surface area contributed by atoms with Crippen LogP contribution in [-0.2, 0) is 11.2 Å². The van der Waals surface area contributed by atoms with Crippen molar-refractivity contribution < 1.29 is 18.7 Å². The second-order valence-electron chi connectivity index (χ2n) is 4.74. The number of halogens is 1. The van der Waals surface area contributed by atoms with Crippen LogP contribution in [0.1, 0.15) is 12.0 Å². The van der Waals surface area contributed by atoms with Crippen LogP contribution in [-0.4, -0.2) is 12.7 Å². The topological polar surface area (TPSA) is 47.6 Å². The number of rotatable bonds is 4. The summed E-state index contributed by atoms with van der Waals surface area (Å²) in [6.45, 7) is 0.206. The number of aryl methyl sites for hydroxylation is 1. The summed E-state index contributed by atoms with van der Waals surface area (Å²) < 4.78 is 23.2. The molecule has 1 amide bonds. The number of nitrogens with one attached hydrogen (secondary N) is 1. The number of carbonyl (C=O) groups excluding carboxylic acids is 1. The van der Waals surface area contributed by atoms with Gasteiger partial charge in [-0.15, -0.1) is 0 Å². The molecule has 1 N–H and O–H groups in total. The average Bonchev–Trinajstić information content (AvgIpc) is 2.94. The van der Waals surface area contributed by atoms with Crippen LogP contribution in [0.2, 0.25) is 0 Å². The van der Waals surface area contributed by atoms with Crippen LogP contribution in [0.15, 0.2) is 42.5 Å². The quantitative estimate of drug-likeness (QED) is 0.939. The zero-order valence-corrected chi connectivity index (χ0v) is 11.3. The molecule has 2 aromatic rings. The molecule has 0 radical (unpaired) electrons. The molecule has 0 fully saturated rings. The number of ether oxygens (including phenoxy) is 2. The lowest BCUT2D eigenvalue weighted by molar-refractivity contribution is -0.116. The van der Waals surface area contributed by atoms with Gasteiger partial charge in [0.15, 0.2) is 11.5 Å². The van der Waals surface area contributed by atoms with Gasteiger partial charge in [0.1, 0.15) is 5.82 Å². The fraction of sp³-hybridized carbons (Fsp3) is 0.188. The minimum atomic E-state index is -0.274. The second-order valence-corrected chi connectivity index (χ2v) is 4.74. The van der Waals surface area contributed by atoms with Crippen LogP contribution >= 0.6 is 0 Å². The maximum absolute atomic E-state index is 12.8. The van der Waals surface area contributed by atoms with Gasteiger partial charge in [0.05, 0.1) is 0 Å². The van der Waals surface area contributed by atoms with Crippen molar-refractivity contribution in [2.45, 2.75) is 12.8 Å². The molecule has 0 saturated heterocycles. The van der Waals surface area contributed by atoms with Crippen molar-refractivity contribution in [3.8, 4) is 11.5 Å². The molecule has 1 heterocycles. The summed E-state index contributed by atoms with van der Waals surface area (Å²) in [7, 11) is 0. The minimum Gasteiger partial charge on any atom is -0.454 e. The molecular weight excluding hydrogens is 273 g/mol. The molecular formula is C16H14FNO3. The zero-order chi connectivity index (χ0) is 14.7. The van der Waals surface area contributed by atoms with E-state index in [-0.39, 0.29) is 18.5 Å². The first-order valence-corrected chi connectivity index (χ1v) is 6.65. The average molecular weight is 287 g/mol. The Balaban J connectivity index is 1.55. The number of hydrogen-bond acceptors (Lipinski definition) is 3. The van der Waals surface area contributed by atoms with Crippen LogP contribution in [0.4, 0.5) is 10.1 Å². The van der Waals surface area contributed by atoms with Crippen molar-refractivity contribution in [3.63, 3.8) is 0 Å². The van der Waals surface area contributed by atoms with Gasteiger partial charge in [-0.3, -0.25) is 4.79 Å². The Bertz CT molecular complexity index is 655. The minimum absolute atomic E-state index is 0.0989. The van der Waals surface area contributed by atoms with Gasteiger partial charge in [0, 0.05) is 18.2 Å². The van der Waals surface area contributed by atoms with Gasteiger partial charge in [0.2, 0.25) is 12.7 Å². The van der Waals surface area contributed by atoms with E-state index in [0.29, 0.717) is 30.0 Å². The summed E-state index contributed by atoms with van der Waals surface area (Å²) in [4.78, 5) is 11.9. The highest BCUT2D eigenvalue weighted by molar-refractivity contribution is 5.91. The van der Waals surface area contributed by atoms with Crippen LogP contribution in [0.5, 0.6) is 11.5 Å². The third-order valence-electron chi connectivity index (χ3n) is 3.21. The molecule has 0 saturated carbocycles. The predicted molar refractivity (Wildman–Crippen MR) is 75.9 cm³/mol. The van der Waals surface area contributed by atoms with Crippen molar-refractivity contribution in [1.82, 2.24) is 0 Å². The fourth-order valence-electron chi connectivity index (χ4n) is 2.11. The van der Waals surface area contributed by atoms with E-state index in [1.54, 1.807) is 30.3 Å². The molecule has 3 rings (SSSR count). The smallest absolute Gasteiger partial charge is 0.231 e. The van der Waals surface area contributed by atoms with E-state index < -0.39 is 0 Å². The standard InChI is InChI=1S/C16H14FNO3/c17-12-4-1-11(2-5-12)3-8-16(19)18-13-6-7-14-15(9-13)21-10-20-14/h1-2,4-7,9H,3,8,10H2,(H,18,19). The van der Waals surface area contributed by atoms with Gasteiger partial charge >= 0.3 is 0 Å². The number of carbonyl (C=O) groups is 1. The van der Waals surface area contributed by atoms with E-state index in [1.165, 1.54) is 12.1 Å². The Labute approximate surface area is 121 Å². The monoisotopic (exact) mass is 287 g/mol. The van der Waals surface area contributed by atoms with Crippen LogP contribution < -0.4 is 14.8 Å². The molecule has 0 atom stereocenters. The van der Waals surface area contributed by atoms with Gasteiger partial charge < -0.3 is 14.8 Å². The summed E-state index contributed by atoms with van der Waals surface area (Å²) in [5.74, 6) is 0.937. The highest BCUT2D eigenvalue weighted by Gasteiger charge is 2.14. The fourth-order valence-corrected chi connectivity index (χ4v) is 2.11. The van der Waals surface area contributed by atoms with Crippen LogP contribution in [0.25, 0.3) is 0 Å². The summed E-state index contributed by atoms with van der Waals surface area (Å²) in [5.41, 5.74) is 1.60. The Morgan fingerprint density at radius 2 is 1.86 bits per heavy atom. The third kappa shape index (κ3) is 3.31. The molecule has 0 spiro atoms. The van der Waals surface area contributed by atoms with Crippen molar-refractivity contribution in [1.29, 1.82) is 0 Å². The molecule has 108 valence electrons. The van der Waals surface area contributed by atoms with E-state index in [9.17, 15) is 9.18 Å². The number of hydrogen-bond donors (Lipinski definition) is 1. The SMILES string of the molecule is O=C(CCc1ccc(F)cc1)Nc1ccc2c(c1)OCO2. The van der Waals surface area contributed by atoms with Gasteiger partial charge in [-0.2, -0.15) is 0 Å². The molecule has 1 aliphatic heterocycles. The third-order valence-corrected chi connectivity index (χ3v) is 3.21. The van der Waals surface area contributed by atoms with E-state index in [0.717, 1.165) is 5.56 Å². The van der Waals surface area contributed by atoms with E-state index in [4.69, 9.17) is 9.47 Å². The molecule has 4 nitrogen and oxygen atoms in total. The molecule has 5 heteroatoms. The van der Waals surface area contributed by atoms with E-state index in [2.05, 4.69) is 5.32 Å². The van der Waals surface area contributed by atoms with Crippen LogP contribution in [0, 0.1) is 5.82 Å². The molecule has 0 unspecified atom stereocenters. The van der Waals surface area contributed by atoms with Crippen molar-refractivity contribution in [3.05, 3.63) is 53.8 Å². The van der Waals surface area contributed by atoms with E-state index in [1.807, 2.05) is 0 Å². The van der Waals surface area contributed by atoms with Gasteiger partial charge in [0.25, 0.3) is 0 Å². The summed E-state index contributed by atoms with van der Waals surface area (Å²) in [6, 6.07) is 11.4. The molecule has 2 aromatic carbocycles. The Kier molecular flexibility index (Phi) is 3.73. The molecule has 21 heavy (non-hydrogen) atoms.